The van der Waals surface area contributed by atoms with Crippen molar-refractivity contribution in [2.24, 2.45) is 28.9 Å². The first kappa shape index (κ1) is 26.4. The summed E-state index contributed by atoms with van der Waals surface area (Å²) >= 11 is 6.19. The minimum absolute atomic E-state index is 0.0742. The Labute approximate surface area is 214 Å². The highest BCUT2D eigenvalue weighted by Crippen LogP contribution is 2.52. The van der Waals surface area contributed by atoms with Gasteiger partial charge in [0.05, 0.1) is 4.90 Å². The molecule has 3 saturated carbocycles. The maximum absolute atomic E-state index is 13.9. The van der Waals surface area contributed by atoms with Gasteiger partial charge in [0.25, 0.3) is 0 Å². The molecule has 4 rings (SSSR count). The normalized spacial score (nSPS) is 32.6. The number of sulfonamides is 1. The number of halogens is 1. The van der Waals surface area contributed by atoms with Gasteiger partial charge in [-0.05, 0) is 80.9 Å². The van der Waals surface area contributed by atoms with Crippen molar-refractivity contribution in [3.63, 3.8) is 0 Å². The molecule has 3 aliphatic carbocycles. The van der Waals surface area contributed by atoms with Crippen LogP contribution in [0.2, 0.25) is 5.02 Å². The molecule has 2 bridgehead atoms. The van der Waals surface area contributed by atoms with Crippen LogP contribution in [0.3, 0.4) is 0 Å². The summed E-state index contributed by atoms with van der Waals surface area (Å²) in [4.78, 5) is 26.4. The molecule has 0 spiro atoms. The van der Waals surface area contributed by atoms with E-state index in [1.54, 1.807) is 19.1 Å². The molecule has 3 fully saturated rings. The Morgan fingerprint density at radius 2 is 1.77 bits per heavy atom. The number of carbonyl (C=O) groups is 2. The van der Waals surface area contributed by atoms with Gasteiger partial charge in [0.15, 0.2) is 0 Å². The van der Waals surface area contributed by atoms with Gasteiger partial charge >= 0.3 is 0 Å². The first-order valence-electron chi connectivity index (χ1n) is 12.8. The van der Waals surface area contributed by atoms with Gasteiger partial charge < -0.3 is 11.1 Å². The van der Waals surface area contributed by atoms with E-state index in [9.17, 15) is 18.0 Å². The zero-order chi connectivity index (χ0) is 25.6. The average Bonchev–Trinajstić information content (AvgIpc) is 2.78. The Kier molecular flexibility index (Phi) is 7.30. The van der Waals surface area contributed by atoms with Crippen LogP contribution in [0.15, 0.2) is 23.1 Å². The Morgan fingerprint density at radius 3 is 2.43 bits per heavy atom. The summed E-state index contributed by atoms with van der Waals surface area (Å²) in [6, 6.07) is 4.67. The van der Waals surface area contributed by atoms with Gasteiger partial charge in [-0.1, -0.05) is 50.8 Å². The fourth-order valence-electron chi connectivity index (χ4n) is 7.16. The molecule has 0 aromatic heterocycles. The van der Waals surface area contributed by atoms with Gasteiger partial charge in [-0.25, -0.2) is 8.42 Å². The Hall–Kier alpha value is -1.64. The third-order valence-corrected chi connectivity index (χ3v) is 10.8. The van der Waals surface area contributed by atoms with Crippen LogP contribution >= 0.6 is 11.6 Å². The summed E-state index contributed by atoms with van der Waals surface area (Å²) in [6.07, 6.45) is 6.46. The molecule has 0 aliphatic heterocycles. The smallest absolute Gasteiger partial charge is 0.241 e. The third-order valence-electron chi connectivity index (χ3n) is 8.73. The van der Waals surface area contributed by atoms with E-state index < -0.39 is 21.0 Å². The molecule has 0 saturated heterocycles. The van der Waals surface area contributed by atoms with E-state index in [4.69, 9.17) is 17.3 Å². The number of hydrogen-bond acceptors (Lipinski definition) is 4. The van der Waals surface area contributed by atoms with Gasteiger partial charge in [-0.3, -0.25) is 9.59 Å². The molecular formula is C26H38ClN3O4S. The first-order valence-corrected chi connectivity index (χ1v) is 14.7. The molecule has 5 atom stereocenters. The lowest BCUT2D eigenvalue weighted by molar-refractivity contribution is -0.139. The van der Waals surface area contributed by atoms with Crippen LogP contribution in [-0.2, 0) is 19.6 Å². The number of primary amides is 1. The lowest BCUT2D eigenvalue weighted by Crippen LogP contribution is -2.64. The molecule has 194 valence electrons. The van der Waals surface area contributed by atoms with Crippen LogP contribution in [-0.4, -0.2) is 31.8 Å². The second-order valence-corrected chi connectivity index (χ2v) is 13.5. The molecule has 1 aromatic rings. The largest absolute Gasteiger partial charge is 0.369 e. The van der Waals surface area contributed by atoms with Crippen LogP contribution in [0, 0.1) is 30.1 Å². The topological polar surface area (TPSA) is 118 Å². The summed E-state index contributed by atoms with van der Waals surface area (Å²) in [5, 5.41) is 3.64. The first-order chi connectivity index (χ1) is 16.4. The second-order valence-electron chi connectivity index (χ2n) is 11.4. The van der Waals surface area contributed by atoms with Crippen LogP contribution in [0.1, 0.15) is 77.2 Å². The van der Waals surface area contributed by atoms with Crippen molar-refractivity contribution in [1.29, 1.82) is 0 Å². The van der Waals surface area contributed by atoms with Gasteiger partial charge in [-0.2, -0.15) is 4.72 Å². The predicted molar refractivity (Wildman–Crippen MR) is 136 cm³/mol. The highest BCUT2D eigenvalue weighted by atomic mass is 35.5. The number of benzene rings is 1. The molecule has 0 radical (unpaired) electrons. The Balaban J connectivity index is 1.60. The number of rotatable bonds is 6. The molecule has 4 N–H and O–H groups in total. The highest BCUT2D eigenvalue weighted by Gasteiger charge is 2.53. The standard InChI is InChI=1S/C26H38ClN3O4S/c1-16-12-19-15-25(13-16,23(28)31)14-17(2)22(19)29-24(32)26(10-5-4-6-11-26)30-35(33,34)21-9-7-8-20(27)18(21)3/h7-9,16-17,19,22,30H,4-6,10-15H2,1-3H3,(H2,28,31)(H,29,32). The SMILES string of the molecule is Cc1c(Cl)cccc1S(=O)(=O)NC1(C(=O)NC2C(C)CC3(C(N)=O)CC(C)CC2C3)CCCCC1. The minimum atomic E-state index is -3.97. The van der Waals surface area contributed by atoms with Crippen molar-refractivity contribution in [3.8, 4) is 0 Å². The maximum atomic E-state index is 13.9. The molecule has 1 aromatic carbocycles. The molecule has 35 heavy (non-hydrogen) atoms. The van der Waals surface area contributed by atoms with Crippen LogP contribution in [0.25, 0.3) is 0 Å². The van der Waals surface area contributed by atoms with Crippen molar-refractivity contribution >= 4 is 33.4 Å². The number of carbonyl (C=O) groups excluding carboxylic acids is 2. The van der Waals surface area contributed by atoms with Gasteiger partial charge in [0.1, 0.15) is 5.54 Å². The zero-order valence-electron chi connectivity index (χ0n) is 20.9. The number of amides is 2. The van der Waals surface area contributed by atoms with Crippen LogP contribution in [0.5, 0.6) is 0 Å². The summed E-state index contributed by atoms with van der Waals surface area (Å²) in [5.41, 5.74) is 4.61. The zero-order valence-corrected chi connectivity index (χ0v) is 22.5. The van der Waals surface area contributed by atoms with Gasteiger partial charge in [0, 0.05) is 16.5 Å². The number of hydrogen-bond donors (Lipinski definition) is 3. The van der Waals surface area contributed by atoms with Crippen LogP contribution < -0.4 is 15.8 Å². The summed E-state index contributed by atoms with van der Waals surface area (Å²) in [6.45, 7) is 5.88. The average molecular weight is 524 g/mol. The van der Waals surface area contributed by atoms with Crippen molar-refractivity contribution < 1.29 is 18.0 Å². The Morgan fingerprint density at radius 1 is 1.09 bits per heavy atom. The molecule has 0 heterocycles. The van der Waals surface area contributed by atoms with E-state index in [0.29, 0.717) is 42.2 Å². The quantitative estimate of drug-likeness (QED) is 0.521. The predicted octanol–water partition coefficient (Wildman–Crippen LogP) is 4.06. The molecule has 7 nitrogen and oxygen atoms in total. The fraction of sp³-hybridized carbons (Fsp3) is 0.692. The molecule has 3 aliphatic rings. The van der Waals surface area contributed by atoms with E-state index in [1.807, 2.05) is 0 Å². The molecule has 2 amide bonds. The number of fused-ring (bicyclic) bond motifs is 2. The molecule has 9 heteroatoms. The lowest BCUT2D eigenvalue weighted by atomic mass is 9.54. The molecule has 5 unspecified atom stereocenters. The summed E-state index contributed by atoms with van der Waals surface area (Å²) in [7, 11) is -3.97. The maximum Gasteiger partial charge on any atom is 0.241 e. The monoisotopic (exact) mass is 523 g/mol. The Bertz CT molecular complexity index is 1100. The number of nitrogens with one attached hydrogen (secondary N) is 2. The fourth-order valence-corrected chi connectivity index (χ4v) is 9.08. The van der Waals surface area contributed by atoms with E-state index in [-0.39, 0.29) is 34.6 Å². The third kappa shape index (κ3) is 4.98. The van der Waals surface area contributed by atoms with Crippen molar-refractivity contribution in [2.75, 3.05) is 0 Å². The minimum Gasteiger partial charge on any atom is -0.369 e. The van der Waals surface area contributed by atoms with E-state index in [1.165, 1.54) is 6.07 Å². The van der Waals surface area contributed by atoms with E-state index in [0.717, 1.165) is 32.1 Å². The van der Waals surface area contributed by atoms with E-state index >= 15 is 0 Å². The van der Waals surface area contributed by atoms with Crippen molar-refractivity contribution in [1.82, 2.24) is 10.0 Å². The summed E-state index contributed by atoms with van der Waals surface area (Å²) < 4.78 is 29.8. The van der Waals surface area contributed by atoms with Gasteiger partial charge in [-0.15, -0.1) is 0 Å². The van der Waals surface area contributed by atoms with Crippen molar-refractivity contribution in [2.45, 2.75) is 95.0 Å². The van der Waals surface area contributed by atoms with Crippen molar-refractivity contribution in [3.05, 3.63) is 28.8 Å². The van der Waals surface area contributed by atoms with Crippen LogP contribution in [0.4, 0.5) is 0 Å². The molecular weight excluding hydrogens is 486 g/mol. The summed E-state index contributed by atoms with van der Waals surface area (Å²) in [5.74, 6) is 0.0683. The second kappa shape index (κ2) is 9.67. The highest BCUT2D eigenvalue weighted by molar-refractivity contribution is 7.89. The van der Waals surface area contributed by atoms with Gasteiger partial charge in [0.2, 0.25) is 21.8 Å². The number of nitrogens with two attached hydrogens (primary N) is 1. The van der Waals surface area contributed by atoms with E-state index in [2.05, 4.69) is 23.9 Å². The lowest BCUT2D eigenvalue weighted by Gasteiger charge is -2.52.